The maximum absolute atomic E-state index is 12.7. The fraction of sp³-hybridized carbons (Fsp3) is 0.294. The molecular formula is C17H20N2O3. The quantitative estimate of drug-likeness (QED) is 0.871. The number of pyridine rings is 1. The first-order valence-corrected chi connectivity index (χ1v) is 7.05. The highest BCUT2D eigenvalue weighted by atomic mass is 16.5. The highest BCUT2D eigenvalue weighted by Gasteiger charge is 2.12. The molecule has 0 aliphatic rings. The van der Waals surface area contributed by atoms with Crippen LogP contribution in [0.2, 0.25) is 0 Å². The Morgan fingerprint density at radius 3 is 2.45 bits per heavy atom. The average molecular weight is 300 g/mol. The lowest BCUT2D eigenvalue weighted by atomic mass is 10.2. The summed E-state index contributed by atoms with van der Waals surface area (Å²) in [7, 11) is 3.10. The average Bonchev–Trinajstić information content (AvgIpc) is 2.53. The highest BCUT2D eigenvalue weighted by Crippen LogP contribution is 2.27. The summed E-state index contributed by atoms with van der Waals surface area (Å²) < 4.78 is 12.0. The Hall–Kier alpha value is -2.56. The third-order valence-electron chi connectivity index (χ3n) is 3.08. The minimum Gasteiger partial charge on any atom is -0.493 e. The lowest BCUT2D eigenvalue weighted by Crippen LogP contribution is -2.28. The van der Waals surface area contributed by atoms with Gasteiger partial charge >= 0.3 is 0 Å². The van der Waals surface area contributed by atoms with Gasteiger partial charge < -0.3 is 9.47 Å². The fourth-order valence-electron chi connectivity index (χ4n) is 2.08. The van der Waals surface area contributed by atoms with Gasteiger partial charge in [-0.3, -0.25) is 14.4 Å². The second-order valence-electron chi connectivity index (χ2n) is 5.03. The van der Waals surface area contributed by atoms with Crippen LogP contribution >= 0.6 is 0 Å². The molecule has 2 rings (SSSR count). The third kappa shape index (κ3) is 3.36. The lowest BCUT2D eigenvalue weighted by Gasteiger charge is -2.11. The van der Waals surface area contributed by atoms with E-state index < -0.39 is 0 Å². The number of methoxy groups -OCH3 is 2. The standard InChI is InChI=1S/C17H20N2O3/c1-12(2)18-16-7-5-6-10-19(16)17(20)13-8-9-14(21-3)15(11-13)22-4/h5-12H,1-4H3. The normalized spacial score (nSPS) is 11.6. The zero-order valence-corrected chi connectivity index (χ0v) is 13.2. The van der Waals surface area contributed by atoms with Crippen LogP contribution in [0.5, 0.6) is 11.5 Å². The number of aromatic nitrogens is 1. The predicted octanol–water partition coefficient (Wildman–Crippen LogP) is 2.50. The summed E-state index contributed by atoms with van der Waals surface area (Å²) in [5.41, 5.74) is 1.13. The van der Waals surface area contributed by atoms with Crippen molar-refractivity contribution in [2.45, 2.75) is 19.9 Å². The van der Waals surface area contributed by atoms with Crippen molar-refractivity contribution >= 4 is 5.91 Å². The van der Waals surface area contributed by atoms with Gasteiger partial charge in [-0.15, -0.1) is 0 Å². The molecule has 0 amide bonds. The lowest BCUT2D eigenvalue weighted by molar-refractivity contribution is 0.0954. The first kappa shape index (κ1) is 15.8. The monoisotopic (exact) mass is 300 g/mol. The van der Waals surface area contributed by atoms with E-state index in [4.69, 9.17) is 9.47 Å². The van der Waals surface area contributed by atoms with Crippen molar-refractivity contribution in [3.8, 4) is 11.5 Å². The molecule has 0 N–H and O–H groups in total. The molecule has 1 heterocycles. The van der Waals surface area contributed by atoms with Gasteiger partial charge in [0.25, 0.3) is 5.91 Å². The van der Waals surface area contributed by atoms with E-state index in [0.29, 0.717) is 22.6 Å². The number of ether oxygens (including phenoxy) is 2. The second kappa shape index (κ2) is 6.93. The van der Waals surface area contributed by atoms with E-state index in [0.717, 1.165) is 0 Å². The topological polar surface area (TPSA) is 52.8 Å². The predicted molar refractivity (Wildman–Crippen MR) is 84.4 cm³/mol. The zero-order valence-electron chi connectivity index (χ0n) is 13.2. The Morgan fingerprint density at radius 2 is 1.82 bits per heavy atom. The molecule has 5 nitrogen and oxygen atoms in total. The van der Waals surface area contributed by atoms with E-state index in [1.165, 1.54) is 4.57 Å². The smallest absolute Gasteiger partial charge is 0.263 e. The molecule has 0 aliphatic heterocycles. The largest absolute Gasteiger partial charge is 0.493 e. The molecule has 0 unspecified atom stereocenters. The van der Waals surface area contributed by atoms with E-state index in [2.05, 4.69) is 4.99 Å². The second-order valence-corrected chi connectivity index (χ2v) is 5.03. The van der Waals surface area contributed by atoms with Crippen LogP contribution in [0.1, 0.15) is 24.2 Å². The van der Waals surface area contributed by atoms with E-state index in [1.807, 2.05) is 26.0 Å². The third-order valence-corrected chi connectivity index (χ3v) is 3.08. The van der Waals surface area contributed by atoms with Crippen LogP contribution in [0, 0.1) is 0 Å². The molecule has 0 saturated carbocycles. The molecule has 0 spiro atoms. The summed E-state index contributed by atoms with van der Waals surface area (Å²) in [4.78, 5) is 17.2. The molecule has 0 aliphatic carbocycles. The summed E-state index contributed by atoms with van der Waals surface area (Å²) in [5, 5.41) is 0. The molecule has 22 heavy (non-hydrogen) atoms. The number of hydrogen-bond acceptors (Lipinski definition) is 4. The molecule has 1 aromatic heterocycles. The minimum absolute atomic E-state index is 0.104. The van der Waals surface area contributed by atoms with Crippen LogP contribution < -0.4 is 15.0 Å². The highest BCUT2D eigenvalue weighted by molar-refractivity contribution is 5.96. The Morgan fingerprint density at radius 1 is 1.09 bits per heavy atom. The molecule has 0 saturated heterocycles. The molecule has 0 radical (unpaired) electrons. The Balaban J connectivity index is 2.49. The summed E-state index contributed by atoms with van der Waals surface area (Å²) in [6.45, 7) is 3.94. The summed E-state index contributed by atoms with van der Waals surface area (Å²) in [6, 6.07) is 10.7. The number of carbonyl (C=O) groups excluding carboxylic acids is 1. The van der Waals surface area contributed by atoms with Gasteiger partial charge in [-0.25, -0.2) is 0 Å². The summed E-state index contributed by atoms with van der Waals surface area (Å²) in [6.07, 6.45) is 1.71. The maximum Gasteiger partial charge on any atom is 0.263 e. The Bertz CT molecular complexity index is 733. The van der Waals surface area contributed by atoms with Gasteiger partial charge in [0.15, 0.2) is 11.5 Å². The van der Waals surface area contributed by atoms with E-state index in [1.54, 1.807) is 44.7 Å². The molecule has 5 heteroatoms. The van der Waals surface area contributed by atoms with Crippen LogP contribution in [-0.2, 0) is 0 Å². The van der Waals surface area contributed by atoms with Crippen LogP contribution in [0.3, 0.4) is 0 Å². The van der Waals surface area contributed by atoms with Gasteiger partial charge in [0.1, 0.15) is 5.49 Å². The summed E-state index contributed by atoms with van der Waals surface area (Å²) >= 11 is 0. The SMILES string of the molecule is COc1ccc(C(=O)n2ccccc2=NC(C)C)cc1OC. The van der Waals surface area contributed by atoms with Crippen molar-refractivity contribution in [1.29, 1.82) is 0 Å². The van der Waals surface area contributed by atoms with E-state index in [9.17, 15) is 4.79 Å². The number of carbonyl (C=O) groups is 1. The minimum atomic E-state index is -0.166. The van der Waals surface area contributed by atoms with Crippen molar-refractivity contribution in [2.75, 3.05) is 14.2 Å². The Kier molecular flexibility index (Phi) is 4.99. The Labute approximate surface area is 129 Å². The van der Waals surface area contributed by atoms with Gasteiger partial charge in [-0.1, -0.05) is 6.07 Å². The molecule has 1 aromatic carbocycles. The van der Waals surface area contributed by atoms with Gasteiger partial charge in [0.05, 0.1) is 14.2 Å². The maximum atomic E-state index is 12.7. The van der Waals surface area contributed by atoms with Crippen molar-refractivity contribution < 1.29 is 14.3 Å². The van der Waals surface area contributed by atoms with Crippen LogP contribution in [0.25, 0.3) is 0 Å². The summed E-state index contributed by atoms with van der Waals surface area (Å²) in [5.74, 6) is 0.942. The van der Waals surface area contributed by atoms with Crippen LogP contribution in [-0.4, -0.2) is 30.7 Å². The van der Waals surface area contributed by atoms with Gasteiger partial charge in [-0.2, -0.15) is 0 Å². The fourth-order valence-corrected chi connectivity index (χ4v) is 2.08. The van der Waals surface area contributed by atoms with Gasteiger partial charge in [0, 0.05) is 17.8 Å². The number of nitrogens with zero attached hydrogens (tertiary/aromatic N) is 2. The first-order valence-electron chi connectivity index (χ1n) is 7.05. The van der Waals surface area contributed by atoms with Gasteiger partial charge in [-0.05, 0) is 44.2 Å². The number of benzene rings is 1. The molecular weight excluding hydrogens is 280 g/mol. The number of rotatable bonds is 4. The van der Waals surface area contributed by atoms with Gasteiger partial charge in [0.2, 0.25) is 0 Å². The molecule has 2 aromatic rings. The molecule has 0 atom stereocenters. The molecule has 116 valence electrons. The molecule has 0 bridgehead atoms. The van der Waals surface area contributed by atoms with E-state index >= 15 is 0 Å². The van der Waals surface area contributed by atoms with Crippen molar-refractivity contribution in [3.63, 3.8) is 0 Å². The van der Waals surface area contributed by atoms with Crippen molar-refractivity contribution in [1.82, 2.24) is 4.57 Å². The number of hydrogen-bond donors (Lipinski definition) is 0. The van der Waals surface area contributed by atoms with E-state index in [-0.39, 0.29) is 11.9 Å². The molecule has 0 fully saturated rings. The first-order chi connectivity index (χ1) is 10.6. The van der Waals surface area contributed by atoms with Crippen molar-refractivity contribution in [2.24, 2.45) is 4.99 Å². The van der Waals surface area contributed by atoms with Crippen molar-refractivity contribution in [3.05, 3.63) is 53.6 Å². The van der Waals surface area contributed by atoms with Crippen LogP contribution in [0.4, 0.5) is 0 Å². The zero-order chi connectivity index (χ0) is 16.1. The van der Waals surface area contributed by atoms with Crippen LogP contribution in [0.15, 0.2) is 47.6 Å².